The molecule has 0 aliphatic rings. The van der Waals surface area contributed by atoms with Gasteiger partial charge in [-0.05, 0) is 24.5 Å². The molecule has 0 aromatic heterocycles. The first-order chi connectivity index (χ1) is 9.06. The van der Waals surface area contributed by atoms with Crippen LogP contribution in [-0.4, -0.2) is 35.1 Å². The zero-order chi connectivity index (χ0) is 14.3. The van der Waals surface area contributed by atoms with Crippen LogP contribution in [0.5, 0.6) is 0 Å². The van der Waals surface area contributed by atoms with Gasteiger partial charge in [0.25, 0.3) is 0 Å². The Morgan fingerprint density at radius 2 is 1.79 bits per heavy atom. The van der Waals surface area contributed by atoms with E-state index in [4.69, 9.17) is 20.8 Å². The van der Waals surface area contributed by atoms with Gasteiger partial charge in [0.2, 0.25) is 0 Å². The highest BCUT2D eigenvalue weighted by atomic mass is 16.5. The largest absolute Gasteiger partial charge is 0.465 e. The summed E-state index contributed by atoms with van der Waals surface area (Å²) in [5.74, 6) is 4.94. The van der Waals surface area contributed by atoms with Crippen LogP contribution in [0.3, 0.4) is 0 Å². The highest BCUT2D eigenvalue weighted by Crippen LogP contribution is 2.09. The Labute approximate surface area is 112 Å². The Kier molecular flexibility index (Phi) is 6.44. The van der Waals surface area contributed by atoms with Crippen molar-refractivity contribution in [3.63, 3.8) is 0 Å². The van der Waals surface area contributed by atoms with E-state index in [1.807, 2.05) is 12.1 Å². The lowest BCUT2D eigenvalue weighted by molar-refractivity contribution is -0.145. The molecule has 106 valence electrons. The summed E-state index contributed by atoms with van der Waals surface area (Å²) < 4.78 is 4.90. The number of hydrogen-bond donors (Lipinski definition) is 4. The van der Waals surface area contributed by atoms with Crippen LogP contribution in [0.25, 0.3) is 0 Å². The van der Waals surface area contributed by atoms with Crippen molar-refractivity contribution in [2.24, 2.45) is 5.84 Å². The molecule has 0 spiro atoms. The maximum absolute atomic E-state index is 11.6. The highest BCUT2D eigenvalue weighted by molar-refractivity contribution is 5.76. The van der Waals surface area contributed by atoms with Crippen molar-refractivity contribution < 1.29 is 19.7 Å². The fourth-order valence-electron chi connectivity index (χ4n) is 1.71. The summed E-state index contributed by atoms with van der Waals surface area (Å²) >= 11 is 0. The molecule has 0 saturated carbocycles. The summed E-state index contributed by atoms with van der Waals surface area (Å²) in [5, 5.41) is 17.7. The minimum absolute atomic E-state index is 0.177. The van der Waals surface area contributed by atoms with Gasteiger partial charge >= 0.3 is 5.97 Å². The highest BCUT2D eigenvalue weighted by Gasteiger charge is 2.18. The van der Waals surface area contributed by atoms with Crippen LogP contribution in [0, 0.1) is 0 Å². The minimum Gasteiger partial charge on any atom is -0.465 e. The fraction of sp³-hybridized carbons (Fsp3) is 0.462. The molecule has 0 radical (unpaired) electrons. The number of rotatable bonds is 7. The lowest BCUT2D eigenvalue weighted by Crippen LogP contribution is -2.43. The summed E-state index contributed by atoms with van der Waals surface area (Å²) in [7, 11) is 0. The lowest BCUT2D eigenvalue weighted by Gasteiger charge is -2.14. The SMILES string of the molecule is CCOC(=O)C(Cc1ccc(CC(O)O)cc1)NN. The molecule has 0 fully saturated rings. The molecular weight excluding hydrogens is 248 g/mol. The van der Waals surface area contributed by atoms with Crippen molar-refractivity contribution in [1.82, 2.24) is 5.43 Å². The number of nitrogens with two attached hydrogens (primary N) is 1. The van der Waals surface area contributed by atoms with E-state index in [2.05, 4.69) is 5.43 Å². The van der Waals surface area contributed by atoms with Gasteiger partial charge < -0.3 is 14.9 Å². The first-order valence-corrected chi connectivity index (χ1v) is 6.13. The Morgan fingerprint density at radius 1 is 1.26 bits per heavy atom. The van der Waals surface area contributed by atoms with Crippen LogP contribution in [0.4, 0.5) is 0 Å². The van der Waals surface area contributed by atoms with E-state index < -0.39 is 12.3 Å². The third kappa shape index (κ3) is 5.35. The van der Waals surface area contributed by atoms with Gasteiger partial charge in [0, 0.05) is 6.42 Å². The first-order valence-electron chi connectivity index (χ1n) is 6.13. The van der Waals surface area contributed by atoms with Gasteiger partial charge in [0.05, 0.1) is 6.61 Å². The maximum Gasteiger partial charge on any atom is 0.324 e. The Balaban J connectivity index is 2.62. The second-order valence-electron chi connectivity index (χ2n) is 4.18. The predicted octanol–water partition coefficient (Wildman–Crippen LogP) is -0.523. The van der Waals surface area contributed by atoms with E-state index >= 15 is 0 Å². The van der Waals surface area contributed by atoms with E-state index in [1.165, 1.54) is 0 Å². The van der Waals surface area contributed by atoms with Gasteiger partial charge in [-0.15, -0.1) is 0 Å². The molecule has 5 N–H and O–H groups in total. The predicted molar refractivity (Wildman–Crippen MR) is 69.8 cm³/mol. The molecule has 1 rings (SSSR count). The molecule has 6 heteroatoms. The minimum atomic E-state index is -1.36. The molecule has 1 atom stereocenters. The van der Waals surface area contributed by atoms with Crippen molar-refractivity contribution in [1.29, 1.82) is 0 Å². The number of nitrogens with one attached hydrogen (secondary N) is 1. The normalized spacial score (nSPS) is 12.5. The molecule has 0 bridgehead atoms. The second-order valence-corrected chi connectivity index (χ2v) is 4.18. The van der Waals surface area contributed by atoms with Crippen LogP contribution < -0.4 is 11.3 Å². The molecule has 0 aliphatic heterocycles. The molecular formula is C13H20N2O4. The summed E-state index contributed by atoms with van der Waals surface area (Å²) in [4.78, 5) is 11.6. The molecule has 0 heterocycles. The molecule has 0 aliphatic carbocycles. The number of carbonyl (C=O) groups is 1. The summed E-state index contributed by atoms with van der Waals surface area (Å²) in [5.41, 5.74) is 4.15. The van der Waals surface area contributed by atoms with Crippen LogP contribution in [0.2, 0.25) is 0 Å². The van der Waals surface area contributed by atoms with E-state index in [-0.39, 0.29) is 12.4 Å². The molecule has 0 saturated heterocycles. The second kappa shape index (κ2) is 7.85. The monoisotopic (exact) mass is 268 g/mol. The van der Waals surface area contributed by atoms with Crippen molar-refractivity contribution >= 4 is 5.97 Å². The topological polar surface area (TPSA) is 105 Å². The smallest absolute Gasteiger partial charge is 0.324 e. The van der Waals surface area contributed by atoms with Crippen LogP contribution in [-0.2, 0) is 22.4 Å². The van der Waals surface area contributed by atoms with Crippen LogP contribution >= 0.6 is 0 Å². The van der Waals surface area contributed by atoms with E-state index in [1.54, 1.807) is 19.1 Å². The maximum atomic E-state index is 11.6. The molecule has 1 unspecified atom stereocenters. The number of aliphatic hydroxyl groups excluding tert-OH is 1. The quantitative estimate of drug-likeness (QED) is 0.229. The first kappa shape index (κ1) is 15.6. The number of ether oxygens (including phenoxy) is 1. The molecule has 1 aromatic carbocycles. The zero-order valence-corrected chi connectivity index (χ0v) is 10.9. The molecule has 0 amide bonds. The molecule has 19 heavy (non-hydrogen) atoms. The lowest BCUT2D eigenvalue weighted by atomic mass is 10.0. The van der Waals surface area contributed by atoms with Gasteiger partial charge in [-0.25, -0.2) is 5.43 Å². The third-order valence-corrected chi connectivity index (χ3v) is 2.65. The van der Waals surface area contributed by atoms with E-state index in [0.29, 0.717) is 13.0 Å². The summed E-state index contributed by atoms with van der Waals surface area (Å²) in [6.45, 7) is 2.05. The Hall–Kier alpha value is -1.47. The zero-order valence-electron chi connectivity index (χ0n) is 10.9. The van der Waals surface area contributed by atoms with Crippen LogP contribution in [0.15, 0.2) is 24.3 Å². The third-order valence-electron chi connectivity index (χ3n) is 2.65. The number of hydrazine groups is 1. The number of hydrogen-bond acceptors (Lipinski definition) is 6. The van der Waals surface area contributed by atoms with Gasteiger partial charge in [0.15, 0.2) is 6.29 Å². The molecule has 6 nitrogen and oxygen atoms in total. The number of carbonyl (C=O) groups excluding carboxylic acids is 1. The van der Waals surface area contributed by atoms with Gasteiger partial charge in [-0.2, -0.15) is 0 Å². The van der Waals surface area contributed by atoms with Crippen molar-refractivity contribution in [3.8, 4) is 0 Å². The van der Waals surface area contributed by atoms with Crippen molar-refractivity contribution in [2.75, 3.05) is 6.61 Å². The summed E-state index contributed by atoms with van der Waals surface area (Å²) in [6, 6.07) is 6.62. The molecule has 1 aromatic rings. The van der Waals surface area contributed by atoms with E-state index in [0.717, 1.165) is 11.1 Å². The van der Waals surface area contributed by atoms with Gasteiger partial charge in [-0.1, -0.05) is 24.3 Å². The average Bonchev–Trinajstić information content (AvgIpc) is 2.37. The Bertz CT molecular complexity index is 392. The van der Waals surface area contributed by atoms with Gasteiger partial charge in [0.1, 0.15) is 6.04 Å². The fourth-order valence-corrected chi connectivity index (χ4v) is 1.71. The number of esters is 1. The van der Waals surface area contributed by atoms with Crippen LogP contribution in [0.1, 0.15) is 18.1 Å². The standard InChI is InChI=1S/C13H20N2O4/c1-2-19-13(18)11(15-14)7-9-3-5-10(6-4-9)8-12(16)17/h3-6,11-12,15-17H,2,7-8,14H2,1H3. The van der Waals surface area contributed by atoms with Crippen molar-refractivity contribution in [3.05, 3.63) is 35.4 Å². The van der Waals surface area contributed by atoms with E-state index in [9.17, 15) is 4.79 Å². The number of aliphatic hydroxyl groups is 2. The van der Waals surface area contributed by atoms with Gasteiger partial charge in [-0.3, -0.25) is 10.6 Å². The summed E-state index contributed by atoms with van der Waals surface area (Å²) in [6.07, 6.45) is -0.766. The average molecular weight is 268 g/mol. The number of benzene rings is 1. The van der Waals surface area contributed by atoms with Crippen molar-refractivity contribution in [2.45, 2.75) is 32.1 Å². The Morgan fingerprint density at radius 3 is 2.21 bits per heavy atom.